The molecule has 0 saturated carbocycles. The molecule has 0 radical (unpaired) electrons. The molecular formula is C23H23BrN2O4S. The standard InChI is InChI=1S/C23H23BrN2O4S/c1-17(19-8-5-9-20(24)14-19)26-23(27)16-30-21-10-12-22(13-11-21)31(28,29)25-15-18-6-3-2-4-7-18/h2-14,17,25H,15-16H2,1H3,(H,26,27). The number of rotatable bonds is 9. The molecule has 0 bridgehead atoms. The van der Waals surface area contributed by atoms with Gasteiger partial charge in [-0.2, -0.15) is 0 Å². The minimum Gasteiger partial charge on any atom is -0.484 e. The summed E-state index contributed by atoms with van der Waals surface area (Å²) in [6.07, 6.45) is 0. The van der Waals surface area contributed by atoms with Crippen LogP contribution in [-0.2, 0) is 21.4 Å². The van der Waals surface area contributed by atoms with Gasteiger partial charge in [0.05, 0.1) is 10.9 Å². The van der Waals surface area contributed by atoms with Crippen LogP contribution < -0.4 is 14.8 Å². The third kappa shape index (κ3) is 6.92. The lowest BCUT2D eigenvalue weighted by atomic mass is 10.1. The summed E-state index contributed by atoms with van der Waals surface area (Å²) in [5.41, 5.74) is 1.84. The zero-order valence-corrected chi connectivity index (χ0v) is 19.3. The van der Waals surface area contributed by atoms with Crippen molar-refractivity contribution >= 4 is 31.9 Å². The minimum absolute atomic E-state index is 0.128. The molecule has 0 saturated heterocycles. The van der Waals surface area contributed by atoms with Gasteiger partial charge >= 0.3 is 0 Å². The Morgan fingerprint density at radius 3 is 2.39 bits per heavy atom. The zero-order chi connectivity index (χ0) is 22.3. The SMILES string of the molecule is CC(NC(=O)COc1ccc(S(=O)(=O)NCc2ccccc2)cc1)c1cccc(Br)c1. The maximum absolute atomic E-state index is 12.4. The smallest absolute Gasteiger partial charge is 0.258 e. The lowest BCUT2D eigenvalue weighted by Gasteiger charge is -2.15. The number of halogens is 1. The molecule has 2 N–H and O–H groups in total. The van der Waals surface area contributed by atoms with Gasteiger partial charge in [0.15, 0.2) is 6.61 Å². The molecule has 6 nitrogen and oxygen atoms in total. The molecule has 0 heterocycles. The van der Waals surface area contributed by atoms with E-state index in [4.69, 9.17) is 4.74 Å². The van der Waals surface area contributed by atoms with Crippen LogP contribution in [0.3, 0.4) is 0 Å². The third-order valence-corrected chi connectivity index (χ3v) is 6.45. The third-order valence-electron chi connectivity index (χ3n) is 4.54. The Balaban J connectivity index is 1.51. The van der Waals surface area contributed by atoms with Crippen LogP contribution in [0, 0.1) is 0 Å². The lowest BCUT2D eigenvalue weighted by Crippen LogP contribution is -2.31. The highest BCUT2D eigenvalue weighted by atomic mass is 79.9. The van der Waals surface area contributed by atoms with Crippen molar-refractivity contribution in [2.45, 2.75) is 24.4 Å². The summed E-state index contributed by atoms with van der Waals surface area (Å²) in [6, 6.07) is 22.8. The Morgan fingerprint density at radius 2 is 1.71 bits per heavy atom. The number of benzene rings is 3. The maximum atomic E-state index is 12.4. The molecule has 8 heteroatoms. The predicted octanol–water partition coefficient (Wildman–Crippen LogP) is 4.18. The van der Waals surface area contributed by atoms with E-state index in [1.165, 1.54) is 24.3 Å². The van der Waals surface area contributed by atoms with Gasteiger partial charge in [0.25, 0.3) is 5.91 Å². The Bertz CT molecular complexity index is 1120. The average Bonchev–Trinajstić information content (AvgIpc) is 2.77. The number of carbonyl (C=O) groups excluding carboxylic acids is 1. The van der Waals surface area contributed by atoms with E-state index in [0.717, 1.165) is 15.6 Å². The highest BCUT2D eigenvalue weighted by molar-refractivity contribution is 9.10. The summed E-state index contributed by atoms with van der Waals surface area (Å²) in [5.74, 6) is 0.140. The molecule has 0 aromatic heterocycles. The Hall–Kier alpha value is -2.68. The second-order valence-corrected chi connectivity index (χ2v) is 9.60. The summed E-state index contributed by atoms with van der Waals surface area (Å²) in [7, 11) is -3.65. The molecule has 1 unspecified atom stereocenters. The Kier molecular flexibility index (Phi) is 7.84. The second kappa shape index (κ2) is 10.6. The van der Waals surface area contributed by atoms with Crippen LogP contribution in [0.15, 0.2) is 88.2 Å². The van der Waals surface area contributed by atoms with Crippen molar-refractivity contribution < 1.29 is 17.9 Å². The fourth-order valence-corrected chi connectivity index (χ4v) is 4.30. The first-order chi connectivity index (χ1) is 14.8. The van der Waals surface area contributed by atoms with Gasteiger partial charge < -0.3 is 10.1 Å². The summed E-state index contributed by atoms with van der Waals surface area (Å²) in [4.78, 5) is 12.3. The number of sulfonamides is 1. The molecule has 162 valence electrons. The fourth-order valence-electron chi connectivity index (χ4n) is 2.86. The van der Waals surface area contributed by atoms with E-state index in [-0.39, 0.29) is 30.0 Å². The van der Waals surface area contributed by atoms with Crippen molar-refractivity contribution in [2.75, 3.05) is 6.61 Å². The van der Waals surface area contributed by atoms with E-state index in [0.29, 0.717) is 5.75 Å². The van der Waals surface area contributed by atoms with E-state index >= 15 is 0 Å². The molecule has 0 spiro atoms. The number of hydrogen-bond donors (Lipinski definition) is 2. The highest BCUT2D eigenvalue weighted by Gasteiger charge is 2.14. The van der Waals surface area contributed by atoms with E-state index in [2.05, 4.69) is 26.0 Å². The molecule has 1 atom stereocenters. The van der Waals surface area contributed by atoms with Crippen LogP contribution in [0.5, 0.6) is 5.75 Å². The molecule has 3 aromatic rings. The van der Waals surface area contributed by atoms with Crippen LogP contribution >= 0.6 is 15.9 Å². The van der Waals surface area contributed by atoms with Crippen LogP contribution in [0.25, 0.3) is 0 Å². The van der Waals surface area contributed by atoms with Gasteiger partial charge in [0.1, 0.15) is 5.75 Å². The number of ether oxygens (including phenoxy) is 1. The molecule has 3 rings (SSSR count). The van der Waals surface area contributed by atoms with Crippen molar-refractivity contribution in [3.8, 4) is 5.75 Å². The summed E-state index contributed by atoms with van der Waals surface area (Å²) in [5, 5.41) is 2.87. The molecule has 3 aromatic carbocycles. The van der Waals surface area contributed by atoms with Gasteiger partial charge in [0.2, 0.25) is 10.0 Å². The number of hydrogen-bond acceptors (Lipinski definition) is 4. The maximum Gasteiger partial charge on any atom is 0.258 e. The van der Waals surface area contributed by atoms with Crippen molar-refractivity contribution in [1.82, 2.24) is 10.0 Å². The van der Waals surface area contributed by atoms with Gasteiger partial charge in [-0.1, -0.05) is 58.4 Å². The van der Waals surface area contributed by atoms with Gasteiger partial charge in [-0.05, 0) is 54.4 Å². The van der Waals surface area contributed by atoms with Crippen LogP contribution in [0.4, 0.5) is 0 Å². The normalized spacial score (nSPS) is 12.2. The van der Waals surface area contributed by atoms with Crippen molar-refractivity contribution in [3.63, 3.8) is 0 Å². The Labute approximate surface area is 190 Å². The molecule has 1 amide bonds. The highest BCUT2D eigenvalue weighted by Crippen LogP contribution is 2.19. The van der Waals surface area contributed by atoms with Gasteiger partial charge in [0, 0.05) is 11.0 Å². The van der Waals surface area contributed by atoms with Crippen LogP contribution in [-0.4, -0.2) is 20.9 Å². The Morgan fingerprint density at radius 1 is 1.00 bits per heavy atom. The van der Waals surface area contributed by atoms with E-state index < -0.39 is 10.0 Å². The molecule has 0 fully saturated rings. The number of nitrogens with one attached hydrogen (secondary N) is 2. The first kappa shape index (κ1) is 23.0. The molecule has 0 aliphatic heterocycles. The summed E-state index contributed by atoms with van der Waals surface area (Å²) < 4.78 is 33.9. The molecule has 0 aliphatic carbocycles. The van der Waals surface area contributed by atoms with Crippen molar-refractivity contribution in [3.05, 3.63) is 94.5 Å². The summed E-state index contributed by atoms with van der Waals surface area (Å²) in [6.45, 7) is 1.93. The minimum atomic E-state index is -3.65. The van der Waals surface area contributed by atoms with Gasteiger partial charge in [-0.3, -0.25) is 4.79 Å². The number of amides is 1. The summed E-state index contributed by atoms with van der Waals surface area (Å²) >= 11 is 3.41. The van der Waals surface area contributed by atoms with Gasteiger partial charge in [-0.15, -0.1) is 0 Å². The van der Waals surface area contributed by atoms with Gasteiger partial charge in [-0.25, -0.2) is 13.1 Å². The fraction of sp³-hybridized carbons (Fsp3) is 0.174. The van der Waals surface area contributed by atoms with Crippen molar-refractivity contribution in [1.29, 1.82) is 0 Å². The van der Waals surface area contributed by atoms with Crippen LogP contribution in [0.1, 0.15) is 24.1 Å². The lowest BCUT2D eigenvalue weighted by molar-refractivity contribution is -0.123. The largest absolute Gasteiger partial charge is 0.484 e. The molecular weight excluding hydrogens is 480 g/mol. The van der Waals surface area contributed by atoms with E-state index in [9.17, 15) is 13.2 Å². The number of carbonyl (C=O) groups is 1. The monoisotopic (exact) mass is 502 g/mol. The first-order valence-corrected chi connectivity index (χ1v) is 11.9. The molecule has 31 heavy (non-hydrogen) atoms. The predicted molar refractivity (Wildman–Crippen MR) is 123 cm³/mol. The van der Waals surface area contributed by atoms with Crippen LogP contribution in [0.2, 0.25) is 0 Å². The van der Waals surface area contributed by atoms with E-state index in [1.807, 2.05) is 61.5 Å². The topological polar surface area (TPSA) is 84.5 Å². The second-order valence-electron chi connectivity index (χ2n) is 6.91. The quantitative estimate of drug-likeness (QED) is 0.459. The first-order valence-electron chi connectivity index (χ1n) is 9.65. The van der Waals surface area contributed by atoms with E-state index in [1.54, 1.807) is 0 Å². The average molecular weight is 503 g/mol. The zero-order valence-electron chi connectivity index (χ0n) is 16.9. The van der Waals surface area contributed by atoms with Crippen molar-refractivity contribution in [2.24, 2.45) is 0 Å². The molecule has 0 aliphatic rings.